The van der Waals surface area contributed by atoms with Gasteiger partial charge in [-0.2, -0.15) is 0 Å². The Morgan fingerprint density at radius 2 is 1.97 bits per heavy atom. The number of methoxy groups -OCH3 is 1. The molecule has 2 atom stereocenters. The maximum Gasteiger partial charge on any atom is 0.336 e. The Labute approximate surface area is 177 Å². The molecule has 0 aliphatic heterocycles. The number of rotatable bonds is 5. The van der Waals surface area contributed by atoms with Crippen LogP contribution in [0.15, 0.2) is 33.5 Å². The van der Waals surface area contributed by atoms with Crippen LogP contribution in [-0.4, -0.2) is 17.4 Å². The van der Waals surface area contributed by atoms with Gasteiger partial charge in [0.15, 0.2) is 0 Å². The molecule has 0 saturated heterocycles. The van der Waals surface area contributed by atoms with Crippen molar-refractivity contribution in [1.82, 2.24) is 0 Å². The van der Waals surface area contributed by atoms with Crippen LogP contribution in [0.25, 0.3) is 11.0 Å². The summed E-state index contributed by atoms with van der Waals surface area (Å²) in [5.74, 6) is 1.92. The average molecular weight is 461 g/mol. The summed E-state index contributed by atoms with van der Waals surface area (Å²) in [6.45, 7) is 0.0790. The number of halogens is 1. The van der Waals surface area contributed by atoms with Crippen LogP contribution in [0.1, 0.15) is 50.5 Å². The molecule has 0 radical (unpaired) electrons. The van der Waals surface area contributed by atoms with Crippen LogP contribution in [0.5, 0.6) is 5.75 Å². The lowest BCUT2D eigenvalue weighted by atomic mass is 9.49. The van der Waals surface area contributed by atoms with E-state index in [0.717, 1.165) is 36.5 Å². The summed E-state index contributed by atoms with van der Waals surface area (Å²) in [6, 6.07) is 6.71. The molecule has 1 aromatic carbocycles. The van der Waals surface area contributed by atoms with E-state index in [1.807, 2.05) is 6.07 Å². The molecular formula is C23H25BrO5. The highest BCUT2D eigenvalue weighted by atomic mass is 79.9. The third-order valence-electron chi connectivity index (χ3n) is 7.06. The summed E-state index contributed by atoms with van der Waals surface area (Å²) in [5.41, 5.74) is 0.717. The van der Waals surface area contributed by atoms with E-state index in [1.165, 1.54) is 25.3 Å². The minimum atomic E-state index is -0.459. The first-order valence-electron chi connectivity index (χ1n) is 10.3. The van der Waals surface area contributed by atoms with E-state index in [9.17, 15) is 9.59 Å². The molecule has 4 fully saturated rings. The molecule has 0 spiro atoms. The van der Waals surface area contributed by atoms with E-state index < -0.39 is 5.63 Å². The molecule has 0 N–H and O–H groups in total. The minimum absolute atomic E-state index is 0.0790. The molecule has 6 rings (SSSR count). The van der Waals surface area contributed by atoms with Gasteiger partial charge in [-0.05, 0) is 67.9 Å². The summed E-state index contributed by atoms with van der Waals surface area (Å²) >= 11 is 4.00. The number of benzene rings is 1. The maximum absolute atomic E-state index is 12.8. The summed E-state index contributed by atoms with van der Waals surface area (Å²) in [5, 5.41) is 0.757. The van der Waals surface area contributed by atoms with Gasteiger partial charge in [-0.25, -0.2) is 4.79 Å². The van der Waals surface area contributed by atoms with Crippen LogP contribution in [0.4, 0.5) is 0 Å². The zero-order valence-corrected chi connectivity index (χ0v) is 18.1. The molecule has 2 aromatic rings. The second-order valence-electron chi connectivity index (χ2n) is 9.40. The number of carbonyl (C=O) groups is 1. The summed E-state index contributed by atoms with van der Waals surface area (Å²) in [7, 11) is 1.56. The monoisotopic (exact) mass is 460 g/mol. The van der Waals surface area contributed by atoms with Crippen LogP contribution in [0.2, 0.25) is 0 Å². The number of esters is 1. The Hall–Kier alpha value is -1.82. The van der Waals surface area contributed by atoms with Crippen LogP contribution < -0.4 is 10.4 Å². The van der Waals surface area contributed by atoms with Crippen molar-refractivity contribution in [3.63, 3.8) is 0 Å². The summed E-state index contributed by atoms with van der Waals surface area (Å²) in [4.78, 5) is 24.7. The molecule has 4 aliphatic rings. The topological polar surface area (TPSA) is 65.7 Å². The molecule has 6 heteroatoms. The molecule has 5 nitrogen and oxygen atoms in total. The van der Waals surface area contributed by atoms with Gasteiger partial charge in [-0.15, -0.1) is 0 Å². The van der Waals surface area contributed by atoms with Gasteiger partial charge in [0.2, 0.25) is 0 Å². The van der Waals surface area contributed by atoms with Gasteiger partial charge >= 0.3 is 11.6 Å². The van der Waals surface area contributed by atoms with Gasteiger partial charge in [-0.3, -0.25) is 4.79 Å². The number of ether oxygens (including phenoxy) is 2. The van der Waals surface area contributed by atoms with Gasteiger partial charge in [0, 0.05) is 27.4 Å². The molecule has 1 heterocycles. The van der Waals surface area contributed by atoms with Gasteiger partial charge in [0.1, 0.15) is 17.9 Å². The SMILES string of the molecule is COc1ccc2c(COC(=O)CC34C[C@H]5C[C@@H](CC(Br)(C5)C3)C4)cc(=O)oc2c1. The third-order valence-corrected chi connectivity index (χ3v) is 7.98. The maximum atomic E-state index is 12.8. The van der Waals surface area contributed by atoms with Crippen LogP contribution in [0, 0.1) is 17.3 Å². The van der Waals surface area contributed by atoms with E-state index in [-0.39, 0.29) is 22.3 Å². The molecule has 0 unspecified atom stereocenters. The molecular weight excluding hydrogens is 436 g/mol. The van der Waals surface area contributed by atoms with Crippen LogP contribution in [0.3, 0.4) is 0 Å². The number of carbonyl (C=O) groups excluding carboxylic acids is 1. The molecule has 4 aliphatic carbocycles. The second kappa shape index (κ2) is 6.86. The first kappa shape index (κ1) is 19.2. The van der Waals surface area contributed by atoms with E-state index >= 15 is 0 Å². The first-order valence-corrected chi connectivity index (χ1v) is 11.1. The number of hydrogen-bond donors (Lipinski definition) is 0. The Balaban J connectivity index is 1.31. The minimum Gasteiger partial charge on any atom is -0.497 e. The smallest absolute Gasteiger partial charge is 0.336 e. The Kier molecular flexibility index (Phi) is 4.53. The van der Waals surface area contributed by atoms with Gasteiger partial charge in [-0.1, -0.05) is 15.9 Å². The van der Waals surface area contributed by atoms with Crippen LogP contribution in [-0.2, 0) is 16.1 Å². The van der Waals surface area contributed by atoms with E-state index in [4.69, 9.17) is 13.9 Å². The van der Waals surface area contributed by atoms with Crippen molar-refractivity contribution in [3.8, 4) is 5.75 Å². The lowest BCUT2D eigenvalue weighted by molar-refractivity contribution is -0.152. The first-order chi connectivity index (χ1) is 13.9. The molecule has 1 aromatic heterocycles. The standard InChI is InChI=1S/C23H25BrO5/c1-27-17-2-3-18-16(5-20(25)29-19(18)6-17)12-28-21(26)11-22-7-14-4-15(8-22)10-23(24,9-14)13-22/h2-3,5-6,14-15H,4,7-13H2,1H3/t14-,15-,22?,23?/m1/s1. The fourth-order valence-electron chi connectivity index (χ4n) is 6.51. The average Bonchev–Trinajstić information content (AvgIpc) is 2.63. The highest BCUT2D eigenvalue weighted by molar-refractivity contribution is 9.10. The Morgan fingerprint density at radius 1 is 1.21 bits per heavy atom. The molecule has 0 amide bonds. The quantitative estimate of drug-likeness (QED) is 0.358. The Bertz CT molecular complexity index is 1010. The van der Waals surface area contributed by atoms with Gasteiger partial charge < -0.3 is 13.9 Å². The molecule has 4 bridgehead atoms. The predicted octanol–water partition coefficient (Wildman–Crippen LogP) is 4.97. The zero-order valence-electron chi connectivity index (χ0n) is 16.5. The molecule has 29 heavy (non-hydrogen) atoms. The predicted molar refractivity (Wildman–Crippen MR) is 112 cm³/mol. The third kappa shape index (κ3) is 3.60. The van der Waals surface area contributed by atoms with E-state index in [2.05, 4.69) is 15.9 Å². The zero-order chi connectivity index (χ0) is 20.2. The fraction of sp³-hybridized carbons (Fsp3) is 0.565. The van der Waals surface area contributed by atoms with Crippen molar-refractivity contribution in [2.24, 2.45) is 17.3 Å². The van der Waals surface area contributed by atoms with Crippen molar-refractivity contribution in [3.05, 3.63) is 40.2 Å². The highest BCUT2D eigenvalue weighted by Crippen LogP contribution is 2.65. The van der Waals surface area contributed by atoms with E-state index in [0.29, 0.717) is 23.3 Å². The molecule has 4 saturated carbocycles. The van der Waals surface area contributed by atoms with Gasteiger partial charge in [0.05, 0.1) is 13.5 Å². The lowest BCUT2D eigenvalue weighted by Gasteiger charge is -2.60. The van der Waals surface area contributed by atoms with Crippen molar-refractivity contribution < 1.29 is 18.7 Å². The second-order valence-corrected chi connectivity index (χ2v) is 11.1. The van der Waals surface area contributed by atoms with Crippen LogP contribution >= 0.6 is 15.9 Å². The largest absolute Gasteiger partial charge is 0.497 e. The highest BCUT2D eigenvalue weighted by Gasteiger charge is 2.57. The van der Waals surface area contributed by atoms with Gasteiger partial charge in [0.25, 0.3) is 0 Å². The summed E-state index contributed by atoms with van der Waals surface area (Å²) in [6.07, 6.45) is 7.64. The number of hydrogen-bond acceptors (Lipinski definition) is 5. The number of fused-ring (bicyclic) bond motifs is 1. The number of alkyl halides is 1. The fourth-order valence-corrected chi connectivity index (χ4v) is 8.03. The van der Waals surface area contributed by atoms with Crippen molar-refractivity contribution in [2.75, 3.05) is 7.11 Å². The Morgan fingerprint density at radius 3 is 2.66 bits per heavy atom. The summed E-state index contributed by atoms with van der Waals surface area (Å²) < 4.78 is 16.3. The molecule has 154 valence electrons. The van der Waals surface area contributed by atoms with Crippen molar-refractivity contribution in [2.45, 2.75) is 55.9 Å². The van der Waals surface area contributed by atoms with Crippen molar-refractivity contribution >= 4 is 32.9 Å². The van der Waals surface area contributed by atoms with E-state index in [1.54, 1.807) is 19.2 Å². The lowest BCUT2D eigenvalue weighted by Crippen LogP contribution is -2.53. The normalized spacial score (nSPS) is 32.5. The van der Waals surface area contributed by atoms with Crippen molar-refractivity contribution in [1.29, 1.82) is 0 Å².